The summed E-state index contributed by atoms with van der Waals surface area (Å²) in [4.78, 5) is 11.7. The molecule has 0 N–H and O–H groups in total. The average Bonchev–Trinajstić information content (AvgIpc) is 2.31. The summed E-state index contributed by atoms with van der Waals surface area (Å²) >= 11 is 0. The molecule has 0 amide bonds. The van der Waals surface area contributed by atoms with Crippen LogP contribution in [-0.2, 0) is 4.79 Å². The fourth-order valence-electron chi connectivity index (χ4n) is 1.47. The van der Waals surface area contributed by atoms with Gasteiger partial charge < -0.3 is 4.79 Å². The third-order valence-corrected chi connectivity index (χ3v) is 2.22. The molecule has 0 saturated carbocycles. The van der Waals surface area contributed by atoms with Crippen molar-refractivity contribution < 1.29 is 42.5 Å². The molecule has 0 atom stereocenters. The van der Waals surface area contributed by atoms with Crippen molar-refractivity contribution in [1.82, 2.24) is 0 Å². The molecule has 0 heterocycles. The van der Waals surface area contributed by atoms with Crippen LogP contribution in [-0.4, -0.2) is 5.78 Å². The summed E-state index contributed by atoms with van der Waals surface area (Å²) in [7, 11) is 0. The summed E-state index contributed by atoms with van der Waals surface area (Å²) in [5.74, 6) is 0.0115. The minimum atomic E-state index is 0. The van der Waals surface area contributed by atoms with Crippen LogP contribution in [0.4, 0.5) is 0 Å². The number of Topliss-reactive ketones (excluding diaryl/α,β-unsaturated/α-hetero) is 1. The van der Waals surface area contributed by atoms with E-state index >= 15 is 0 Å². The maximum absolute atomic E-state index is 11.7. The van der Waals surface area contributed by atoms with E-state index in [0.29, 0.717) is 0 Å². The van der Waals surface area contributed by atoms with Crippen molar-refractivity contribution in [2.75, 3.05) is 0 Å². The standard InChI is InChI=1S/C15H12O.2Li/c16-15(11-13-7-3-1-4-8-13)12-14-9-5-2-6-10-14;;/h1-12H;;/q-2;2*+1. The van der Waals surface area contributed by atoms with E-state index in [1.807, 2.05) is 60.7 Å². The molecule has 0 fully saturated rings. The monoisotopic (exact) mass is 222 g/mol. The first kappa shape index (κ1) is 17.0. The third-order valence-electron chi connectivity index (χ3n) is 2.22. The predicted octanol–water partition coefficient (Wildman–Crippen LogP) is -2.93. The number of rotatable bonds is 4. The molecule has 0 saturated heterocycles. The van der Waals surface area contributed by atoms with E-state index < -0.39 is 0 Å². The van der Waals surface area contributed by atoms with E-state index in [4.69, 9.17) is 0 Å². The largest absolute Gasteiger partial charge is 1.00 e. The fourth-order valence-corrected chi connectivity index (χ4v) is 1.47. The maximum Gasteiger partial charge on any atom is 1.00 e. The zero-order valence-corrected chi connectivity index (χ0v) is 10.8. The Morgan fingerprint density at radius 1 is 0.667 bits per heavy atom. The smallest absolute Gasteiger partial charge is 0.332 e. The predicted molar refractivity (Wildman–Crippen MR) is 64.7 cm³/mol. The minimum Gasteiger partial charge on any atom is -0.332 e. The first-order valence-corrected chi connectivity index (χ1v) is 5.18. The summed E-state index contributed by atoms with van der Waals surface area (Å²) in [5.41, 5.74) is 1.86. The zero-order chi connectivity index (χ0) is 11.2. The van der Waals surface area contributed by atoms with Gasteiger partial charge in [0.25, 0.3) is 0 Å². The van der Waals surface area contributed by atoms with Crippen LogP contribution in [0.25, 0.3) is 0 Å². The quantitative estimate of drug-likeness (QED) is 0.400. The molecule has 0 spiro atoms. The molecular formula is C15H12Li2O. The van der Waals surface area contributed by atoms with Crippen molar-refractivity contribution in [2.45, 2.75) is 0 Å². The Morgan fingerprint density at radius 2 is 1.00 bits per heavy atom. The molecule has 18 heavy (non-hydrogen) atoms. The van der Waals surface area contributed by atoms with Crippen molar-refractivity contribution in [3.8, 4) is 0 Å². The molecule has 2 rings (SSSR count). The van der Waals surface area contributed by atoms with Crippen molar-refractivity contribution in [2.24, 2.45) is 0 Å². The summed E-state index contributed by atoms with van der Waals surface area (Å²) in [6, 6.07) is 19.2. The van der Waals surface area contributed by atoms with Crippen LogP contribution in [0.2, 0.25) is 0 Å². The number of hydrogen-bond donors (Lipinski definition) is 0. The Morgan fingerprint density at radius 3 is 1.33 bits per heavy atom. The molecule has 1 nitrogen and oxygen atoms in total. The van der Waals surface area contributed by atoms with E-state index in [0.717, 1.165) is 11.1 Å². The summed E-state index contributed by atoms with van der Waals surface area (Å²) in [6.45, 7) is 0. The van der Waals surface area contributed by atoms with Gasteiger partial charge in [-0.25, -0.2) is 12.1 Å². The van der Waals surface area contributed by atoms with Crippen LogP contribution < -0.4 is 37.7 Å². The van der Waals surface area contributed by atoms with Crippen molar-refractivity contribution in [3.05, 3.63) is 84.6 Å². The number of carbonyl (C=O) groups is 1. The Hall–Kier alpha value is -0.955. The molecule has 80 valence electrons. The normalized spacial score (nSPS) is 8.44. The van der Waals surface area contributed by atoms with Gasteiger partial charge in [-0.05, 0) is 0 Å². The minimum absolute atomic E-state index is 0. The van der Waals surface area contributed by atoms with Gasteiger partial charge in [0.05, 0.1) is 0 Å². The molecule has 2 aromatic carbocycles. The Kier molecular flexibility index (Phi) is 8.56. The van der Waals surface area contributed by atoms with Crippen LogP contribution in [0.15, 0.2) is 60.7 Å². The first-order valence-electron chi connectivity index (χ1n) is 5.18. The molecule has 0 aromatic heterocycles. The van der Waals surface area contributed by atoms with Crippen LogP contribution in [0.1, 0.15) is 11.1 Å². The number of benzene rings is 2. The fraction of sp³-hybridized carbons (Fsp3) is 0. The maximum atomic E-state index is 11.7. The first-order chi connectivity index (χ1) is 7.84. The van der Waals surface area contributed by atoms with E-state index in [-0.39, 0.29) is 43.5 Å². The van der Waals surface area contributed by atoms with Crippen molar-refractivity contribution in [3.63, 3.8) is 0 Å². The Bertz CT molecular complexity index is 411. The van der Waals surface area contributed by atoms with Crippen molar-refractivity contribution in [1.29, 1.82) is 0 Å². The molecule has 0 bridgehead atoms. The van der Waals surface area contributed by atoms with Crippen LogP contribution in [0.3, 0.4) is 0 Å². The molecule has 3 heteroatoms. The zero-order valence-electron chi connectivity index (χ0n) is 10.8. The summed E-state index contributed by atoms with van der Waals surface area (Å²) < 4.78 is 0. The van der Waals surface area contributed by atoms with E-state index in [9.17, 15) is 4.79 Å². The van der Waals surface area contributed by atoms with E-state index in [2.05, 4.69) is 0 Å². The second-order valence-electron chi connectivity index (χ2n) is 3.51. The number of carbonyl (C=O) groups excluding carboxylic acids is 1. The molecule has 2 aromatic rings. The van der Waals surface area contributed by atoms with Gasteiger partial charge in [0.2, 0.25) is 0 Å². The summed E-state index contributed by atoms with van der Waals surface area (Å²) in [6.07, 6.45) is 3.26. The van der Waals surface area contributed by atoms with Gasteiger partial charge in [-0.3, -0.25) is 5.56 Å². The third kappa shape index (κ3) is 5.59. The van der Waals surface area contributed by atoms with Gasteiger partial charge in [0, 0.05) is 5.78 Å². The summed E-state index contributed by atoms with van der Waals surface area (Å²) in [5, 5.41) is 0. The van der Waals surface area contributed by atoms with Crippen molar-refractivity contribution >= 4 is 5.78 Å². The molecule has 0 radical (unpaired) electrons. The van der Waals surface area contributed by atoms with Crippen LogP contribution in [0, 0.1) is 12.8 Å². The van der Waals surface area contributed by atoms with E-state index in [1.54, 1.807) is 12.8 Å². The SMILES string of the molecule is O=C([CH-]c1ccccc1)[CH-]c1ccccc1.[Li+].[Li+]. The van der Waals surface area contributed by atoms with Gasteiger partial charge in [0.15, 0.2) is 0 Å². The second-order valence-corrected chi connectivity index (χ2v) is 3.51. The van der Waals surface area contributed by atoms with Gasteiger partial charge in [-0.1, -0.05) is 36.4 Å². The second kappa shape index (κ2) is 9.04. The molecular weight excluding hydrogens is 210 g/mol. The van der Waals surface area contributed by atoms with Gasteiger partial charge in [-0.2, -0.15) is 12.8 Å². The van der Waals surface area contributed by atoms with Gasteiger partial charge >= 0.3 is 37.7 Å². The average molecular weight is 222 g/mol. The topological polar surface area (TPSA) is 17.1 Å². The Balaban J connectivity index is 0.00000144. The molecule has 0 unspecified atom stereocenters. The molecule has 0 aliphatic heterocycles. The number of ketones is 1. The Labute approximate surface area is 132 Å². The number of hydrogen-bond acceptors (Lipinski definition) is 1. The van der Waals surface area contributed by atoms with Crippen LogP contribution in [0.5, 0.6) is 0 Å². The van der Waals surface area contributed by atoms with Gasteiger partial charge in [-0.15, -0.1) is 17.7 Å². The van der Waals surface area contributed by atoms with Gasteiger partial charge in [0.1, 0.15) is 0 Å². The molecule has 0 aliphatic rings. The molecule has 0 aliphatic carbocycles. The van der Waals surface area contributed by atoms with E-state index in [1.165, 1.54) is 0 Å². The van der Waals surface area contributed by atoms with Crippen LogP contribution >= 0.6 is 0 Å².